The van der Waals surface area contributed by atoms with Crippen LogP contribution in [-0.2, 0) is 0 Å². The van der Waals surface area contributed by atoms with Crippen molar-refractivity contribution in [1.29, 1.82) is 0 Å². The number of nitrogens with two attached hydrogens (primary N) is 1. The van der Waals surface area contributed by atoms with Gasteiger partial charge in [-0.05, 0) is 17.7 Å². The van der Waals surface area contributed by atoms with E-state index in [2.05, 4.69) is 4.98 Å². The molecule has 2 N–H and O–H groups in total. The first kappa shape index (κ1) is 12.7. The highest BCUT2D eigenvalue weighted by molar-refractivity contribution is 6.35. The Balaban J connectivity index is 2.44. The predicted octanol–water partition coefficient (Wildman–Crippen LogP) is 4.09. The van der Waals surface area contributed by atoms with Gasteiger partial charge in [0, 0.05) is 11.2 Å². The normalized spacial score (nSPS) is 12.5. The van der Waals surface area contributed by atoms with Crippen molar-refractivity contribution in [2.75, 3.05) is 0 Å². The minimum Gasteiger partial charge on any atom is -0.319 e. The average Bonchev–Trinajstić information content (AvgIpc) is 2.29. The van der Waals surface area contributed by atoms with Gasteiger partial charge in [0.15, 0.2) is 0 Å². The number of hydrogen-bond donors (Lipinski definition) is 1. The third-order valence-corrected chi connectivity index (χ3v) is 3.22. The Morgan fingerprint density at radius 2 is 1.76 bits per heavy atom. The molecule has 1 unspecified atom stereocenters. The highest BCUT2D eigenvalue weighted by Crippen LogP contribution is 2.30. The molecule has 0 spiro atoms. The van der Waals surface area contributed by atoms with Gasteiger partial charge in [-0.25, -0.2) is 0 Å². The average molecular weight is 288 g/mol. The quantitative estimate of drug-likeness (QED) is 0.903. The third kappa shape index (κ3) is 2.72. The number of pyridine rings is 1. The van der Waals surface area contributed by atoms with Crippen molar-refractivity contribution in [2.45, 2.75) is 6.04 Å². The molecule has 2 nitrogen and oxygen atoms in total. The number of rotatable bonds is 2. The van der Waals surface area contributed by atoms with E-state index in [1.807, 2.05) is 18.2 Å². The number of nitrogens with zero attached hydrogens (tertiary/aromatic N) is 1. The molecular weight excluding hydrogens is 279 g/mol. The lowest BCUT2D eigenvalue weighted by Gasteiger charge is -2.14. The molecule has 2 aromatic rings. The van der Waals surface area contributed by atoms with Crippen molar-refractivity contribution in [3.8, 4) is 0 Å². The fourth-order valence-corrected chi connectivity index (χ4v) is 2.28. The minimum atomic E-state index is -0.464. The van der Waals surface area contributed by atoms with Crippen molar-refractivity contribution in [2.24, 2.45) is 5.73 Å². The standard InChI is InChI=1S/C12H9Cl3N2/c13-7-5-10(15)12(17-6-7)11(16)8-3-1-2-4-9(8)14/h1-6,11H,16H2. The number of halogens is 3. The zero-order chi connectivity index (χ0) is 12.4. The molecule has 0 aliphatic rings. The van der Waals surface area contributed by atoms with Crippen LogP contribution in [0.25, 0.3) is 0 Å². The second-order valence-corrected chi connectivity index (χ2v) is 4.77. The Morgan fingerprint density at radius 3 is 2.41 bits per heavy atom. The van der Waals surface area contributed by atoms with Gasteiger partial charge in [-0.1, -0.05) is 53.0 Å². The summed E-state index contributed by atoms with van der Waals surface area (Å²) < 4.78 is 0. The summed E-state index contributed by atoms with van der Waals surface area (Å²) in [6, 6.07) is 8.48. The molecule has 0 saturated carbocycles. The maximum atomic E-state index is 6.09. The maximum absolute atomic E-state index is 6.09. The van der Waals surface area contributed by atoms with Crippen LogP contribution in [0, 0.1) is 0 Å². The van der Waals surface area contributed by atoms with Gasteiger partial charge in [0.05, 0.1) is 21.8 Å². The van der Waals surface area contributed by atoms with Crippen LogP contribution in [-0.4, -0.2) is 4.98 Å². The molecule has 0 fully saturated rings. The molecule has 0 saturated heterocycles. The molecular formula is C12H9Cl3N2. The van der Waals surface area contributed by atoms with E-state index in [1.165, 1.54) is 6.20 Å². The van der Waals surface area contributed by atoms with Crippen LogP contribution in [0.4, 0.5) is 0 Å². The molecule has 1 aromatic heterocycles. The van der Waals surface area contributed by atoms with E-state index in [0.717, 1.165) is 5.56 Å². The van der Waals surface area contributed by atoms with Crippen LogP contribution in [0.15, 0.2) is 36.5 Å². The van der Waals surface area contributed by atoms with Crippen molar-refractivity contribution >= 4 is 34.8 Å². The lowest BCUT2D eigenvalue weighted by molar-refractivity contribution is 0.829. The molecule has 2 rings (SSSR count). The summed E-state index contributed by atoms with van der Waals surface area (Å²) in [6.45, 7) is 0. The molecule has 0 aliphatic heterocycles. The second kappa shape index (κ2) is 5.23. The van der Waals surface area contributed by atoms with E-state index in [0.29, 0.717) is 20.8 Å². The summed E-state index contributed by atoms with van der Waals surface area (Å²) in [5, 5.41) is 1.50. The molecule has 5 heteroatoms. The number of benzene rings is 1. The largest absolute Gasteiger partial charge is 0.319 e. The van der Waals surface area contributed by atoms with Gasteiger partial charge in [0.2, 0.25) is 0 Å². The molecule has 17 heavy (non-hydrogen) atoms. The fraction of sp³-hybridized carbons (Fsp3) is 0.0833. The molecule has 1 atom stereocenters. The topological polar surface area (TPSA) is 38.9 Å². The summed E-state index contributed by atoms with van der Waals surface area (Å²) in [6.07, 6.45) is 1.51. The van der Waals surface area contributed by atoms with Crippen LogP contribution in [0.2, 0.25) is 15.1 Å². The number of aromatic nitrogens is 1. The highest BCUT2D eigenvalue weighted by atomic mass is 35.5. The molecule has 0 amide bonds. The second-order valence-electron chi connectivity index (χ2n) is 3.52. The van der Waals surface area contributed by atoms with Crippen LogP contribution in [0.5, 0.6) is 0 Å². The Labute approximate surface area is 114 Å². The van der Waals surface area contributed by atoms with Crippen LogP contribution in [0.3, 0.4) is 0 Å². The molecule has 0 radical (unpaired) electrons. The van der Waals surface area contributed by atoms with E-state index in [9.17, 15) is 0 Å². The van der Waals surface area contributed by atoms with Crippen LogP contribution >= 0.6 is 34.8 Å². The molecule has 1 heterocycles. The van der Waals surface area contributed by atoms with Gasteiger partial charge in [-0.3, -0.25) is 4.98 Å². The highest BCUT2D eigenvalue weighted by Gasteiger charge is 2.16. The van der Waals surface area contributed by atoms with Crippen molar-refractivity contribution in [1.82, 2.24) is 4.98 Å². The van der Waals surface area contributed by atoms with Crippen molar-refractivity contribution in [3.63, 3.8) is 0 Å². The van der Waals surface area contributed by atoms with Gasteiger partial charge in [-0.2, -0.15) is 0 Å². The first-order valence-electron chi connectivity index (χ1n) is 4.90. The molecule has 88 valence electrons. The fourth-order valence-electron chi connectivity index (χ4n) is 1.53. The van der Waals surface area contributed by atoms with E-state index < -0.39 is 6.04 Å². The zero-order valence-electron chi connectivity index (χ0n) is 8.70. The minimum absolute atomic E-state index is 0.435. The first-order valence-corrected chi connectivity index (χ1v) is 6.04. The van der Waals surface area contributed by atoms with E-state index in [1.54, 1.807) is 12.1 Å². The van der Waals surface area contributed by atoms with Gasteiger partial charge >= 0.3 is 0 Å². The summed E-state index contributed by atoms with van der Waals surface area (Å²) in [4.78, 5) is 4.15. The summed E-state index contributed by atoms with van der Waals surface area (Å²) >= 11 is 17.9. The van der Waals surface area contributed by atoms with E-state index in [-0.39, 0.29) is 0 Å². The van der Waals surface area contributed by atoms with Gasteiger partial charge in [0.25, 0.3) is 0 Å². The predicted molar refractivity (Wildman–Crippen MR) is 71.7 cm³/mol. The van der Waals surface area contributed by atoms with Gasteiger partial charge in [-0.15, -0.1) is 0 Å². The summed E-state index contributed by atoms with van der Waals surface area (Å²) in [5.41, 5.74) is 7.44. The summed E-state index contributed by atoms with van der Waals surface area (Å²) in [7, 11) is 0. The first-order chi connectivity index (χ1) is 8.09. The molecule has 0 aliphatic carbocycles. The van der Waals surface area contributed by atoms with Gasteiger partial charge < -0.3 is 5.73 Å². The lowest BCUT2D eigenvalue weighted by Crippen LogP contribution is -2.14. The maximum Gasteiger partial charge on any atom is 0.0803 e. The van der Waals surface area contributed by atoms with E-state index in [4.69, 9.17) is 40.5 Å². The van der Waals surface area contributed by atoms with E-state index >= 15 is 0 Å². The monoisotopic (exact) mass is 286 g/mol. The van der Waals surface area contributed by atoms with Crippen molar-refractivity contribution in [3.05, 3.63) is 62.9 Å². The number of hydrogen-bond acceptors (Lipinski definition) is 2. The Hall–Kier alpha value is -0.800. The third-order valence-electron chi connectivity index (χ3n) is 2.37. The molecule has 1 aromatic carbocycles. The Morgan fingerprint density at radius 1 is 1.06 bits per heavy atom. The van der Waals surface area contributed by atoms with Crippen LogP contribution in [0.1, 0.15) is 17.3 Å². The van der Waals surface area contributed by atoms with Crippen LogP contribution < -0.4 is 5.73 Å². The van der Waals surface area contributed by atoms with Gasteiger partial charge in [0.1, 0.15) is 0 Å². The zero-order valence-corrected chi connectivity index (χ0v) is 11.0. The SMILES string of the molecule is NC(c1ccccc1Cl)c1ncc(Cl)cc1Cl. The smallest absolute Gasteiger partial charge is 0.0803 e. The summed E-state index contributed by atoms with van der Waals surface area (Å²) in [5.74, 6) is 0. The Bertz CT molecular complexity index is 543. The van der Waals surface area contributed by atoms with Crippen molar-refractivity contribution < 1.29 is 0 Å². The lowest BCUT2D eigenvalue weighted by atomic mass is 10.0. The molecule has 0 bridgehead atoms. The Kier molecular flexibility index (Phi) is 3.89.